The third-order valence-electron chi connectivity index (χ3n) is 3.61. The highest BCUT2D eigenvalue weighted by Gasteiger charge is 2.27. The van der Waals surface area contributed by atoms with Gasteiger partial charge in [0.25, 0.3) is 0 Å². The van der Waals surface area contributed by atoms with E-state index in [0.717, 1.165) is 15.6 Å². The number of amides is 2. The van der Waals surface area contributed by atoms with E-state index in [4.69, 9.17) is 0 Å². The zero-order valence-corrected chi connectivity index (χ0v) is 14.6. The van der Waals surface area contributed by atoms with Crippen molar-refractivity contribution in [1.29, 1.82) is 0 Å². The molecule has 118 valence electrons. The number of nitrogens with zero attached hydrogens (tertiary/aromatic N) is 2. The molecule has 1 saturated carbocycles. The summed E-state index contributed by atoms with van der Waals surface area (Å²) < 4.78 is 0. The lowest BCUT2D eigenvalue weighted by Gasteiger charge is -2.15. The molecule has 0 unspecified atom stereocenters. The zero-order chi connectivity index (χ0) is 15.7. The summed E-state index contributed by atoms with van der Waals surface area (Å²) in [4.78, 5) is 22.2. The molecule has 1 fully saturated rings. The van der Waals surface area contributed by atoms with E-state index in [-0.39, 0.29) is 18.1 Å². The fourth-order valence-corrected chi connectivity index (χ4v) is 4.02. The SMILES string of the molecule is Cc1cnc([C@@H](C)NC(=O)N[C@H](C)c2csc(C3CC3)n2)s1. The third kappa shape index (κ3) is 3.64. The zero-order valence-electron chi connectivity index (χ0n) is 12.9. The first-order chi connectivity index (χ1) is 10.5. The van der Waals surface area contributed by atoms with Gasteiger partial charge in [-0.05, 0) is 33.6 Å². The van der Waals surface area contributed by atoms with Crippen molar-refractivity contribution in [3.63, 3.8) is 0 Å². The minimum atomic E-state index is -0.186. The van der Waals surface area contributed by atoms with E-state index in [0.29, 0.717) is 5.92 Å². The highest BCUT2D eigenvalue weighted by molar-refractivity contribution is 7.11. The molecule has 0 saturated heterocycles. The van der Waals surface area contributed by atoms with Gasteiger partial charge in [0.2, 0.25) is 0 Å². The molecule has 0 aromatic carbocycles. The topological polar surface area (TPSA) is 66.9 Å². The van der Waals surface area contributed by atoms with Gasteiger partial charge in [0.15, 0.2) is 0 Å². The van der Waals surface area contributed by atoms with Crippen molar-refractivity contribution in [2.75, 3.05) is 0 Å². The third-order valence-corrected chi connectivity index (χ3v) is 5.74. The molecule has 0 spiro atoms. The maximum atomic E-state index is 12.1. The number of aryl methyl sites for hydroxylation is 1. The normalized spacial score (nSPS) is 17.0. The van der Waals surface area contributed by atoms with E-state index in [1.807, 2.05) is 32.3 Å². The van der Waals surface area contributed by atoms with Crippen molar-refractivity contribution >= 4 is 28.7 Å². The van der Waals surface area contributed by atoms with E-state index in [2.05, 4.69) is 20.6 Å². The Labute approximate surface area is 138 Å². The predicted molar refractivity (Wildman–Crippen MR) is 89.4 cm³/mol. The second-order valence-electron chi connectivity index (χ2n) is 5.76. The van der Waals surface area contributed by atoms with Crippen LogP contribution in [0.2, 0.25) is 0 Å². The molecule has 2 aromatic rings. The van der Waals surface area contributed by atoms with Gasteiger partial charge < -0.3 is 10.6 Å². The minimum absolute atomic E-state index is 0.0889. The highest BCUT2D eigenvalue weighted by atomic mass is 32.1. The molecule has 2 heterocycles. The number of carbonyl (C=O) groups excluding carboxylic acids is 1. The van der Waals surface area contributed by atoms with Gasteiger partial charge in [-0.3, -0.25) is 0 Å². The first-order valence-electron chi connectivity index (χ1n) is 7.47. The lowest BCUT2D eigenvalue weighted by atomic mass is 10.2. The lowest BCUT2D eigenvalue weighted by Crippen LogP contribution is -2.38. The fourth-order valence-electron chi connectivity index (χ4n) is 2.16. The number of aromatic nitrogens is 2. The summed E-state index contributed by atoms with van der Waals surface area (Å²) in [7, 11) is 0. The highest BCUT2D eigenvalue weighted by Crippen LogP contribution is 2.41. The summed E-state index contributed by atoms with van der Waals surface area (Å²) in [5, 5.41) is 10.0. The number of thiazole rings is 2. The quantitative estimate of drug-likeness (QED) is 0.870. The monoisotopic (exact) mass is 336 g/mol. The summed E-state index contributed by atoms with van der Waals surface area (Å²) in [6, 6.07) is -0.369. The van der Waals surface area contributed by atoms with Crippen LogP contribution in [-0.2, 0) is 0 Å². The van der Waals surface area contributed by atoms with Gasteiger partial charge in [0, 0.05) is 22.4 Å². The van der Waals surface area contributed by atoms with Crippen LogP contribution in [0, 0.1) is 6.92 Å². The van der Waals surface area contributed by atoms with Crippen molar-refractivity contribution in [2.24, 2.45) is 0 Å². The molecule has 0 bridgehead atoms. The van der Waals surface area contributed by atoms with Gasteiger partial charge in [-0.1, -0.05) is 0 Å². The van der Waals surface area contributed by atoms with Gasteiger partial charge in [-0.15, -0.1) is 22.7 Å². The molecule has 1 aliphatic rings. The van der Waals surface area contributed by atoms with Crippen molar-refractivity contribution in [2.45, 2.75) is 51.6 Å². The minimum Gasteiger partial charge on any atom is -0.330 e. The van der Waals surface area contributed by atoms with E-state index in [1.165, 1.54) is 17.8 Å². The van der Waals surface area contributed by atoms with E-state index >= 15 is 0 Å². The smallest absolute Gasteiger partial charge is 0.315 e. The maximum absolute atomic E-state index is 12.1. The average molecular weight is 336 g/mol. The first kappa shape index (κ1) is 15.4. The van der Waals surface area contributed by atoms with Gasteiger partial charge in [0.05, 0.1) is 22.8 Å². The number of carbonyl (C=O) groups is 1. The summed E-state index contributed by atoms with van der Waals surface area (Å²) in [5.74, 6) is 0.660. The fraction of sp³-hybridized carbons (Fsp3) is 0.533. The number of urea groups is 1. The molecular weight excluding hydrogens is 316 g/mol. The molecule has 2 N–H and O–H groups in total. The van der Waals surface area contributed by atoms with Crippen molar-refractivity contribution in [1.82, 2.24) is 20.6 Å². The molecule has 22 heavy (non-hydrogen) atoms. The van der Waals surface area contributed by atoms with Crippen LogP contribution in [0.1, 0.15) is 65.3 Å². The Morgan fingerprint density at radius 3 is 2.68 bits per heavy atom. The number of hydrogen-bond acceptors (Lipinski definition) is 5. The standard InChI is InChI=1S/C15H20N4OS2/c1-8-6-16-13(22-8)10(3)18-15(20)17-9(2)12-7-21-14(19-12)11-4-5-11/h6-7,9-11H,4-5H2,1-3H3,(H2,17,18,20)/t9-,10-/m1/s1. The molecule has 2 amide bonds. The average Bonchev–Trinajstić information content (AvgIpc) is 3.02. The molecule has 5 nitrogen and oxygen atoms in total. The van der Waals surface area contributed by atoms with E-state index in [9.17, 15) is 4.79 Å². The second kappa shape index (κ2) is 6.34. The van der Waals surface area contributed by atoms with Gasteiger partial charge in [0.1, 0.15) is 5.01 Å². The Hall–Kier alpha value is -1.47. The molecule has 0 aliphatic heterocycles. The molecule has 1 aliphatic carbocycles. The Balaban J connectivity index is 1.53. The van der Waals surface area contributed by atoms with Crippen LogP contribution in [0.4, 0.5) is 4.79 Å². The van der Waals surface area contributed by atoms with Crippen LogP contribution in [0.25, 0.3) is 0 Å². The number of nitrogens with one attached hydrogen (secondary N) is 2. The Bertz CT molecular complexity index is 662. The van der Waals surface area contributed by atoms with Crippen LogP contribution in [0.15, 0.2) is 11.6 Å². The van der Waals surface area contributed by atoms with Crippen LogP contribution in [-0.4, -0.2) is 16.0 Å². The molecular formula is C15H20N4OS2. The number of hydrogen-bond donors (Lipinski definition) is 2. The predicted octanol–water partition coefficient (Wildman–Crippen LogP) is 3.91. The van der Waals surface area contributed by atoms with E-state index < -0.39 is 0 Å². The van der Waals surface area contributed by atoms with Gasteiger partial charge in [-0.2, -0.15) is 0 Å². The van der Waals surface area contributed by atoms with Crippen LogP contribution >= 0.6 is 22.7 Å². The molecule has 7 heteroatoms. The number of rotatable bonds is 5. The summed E-state index contributed by atoms with van der Waals surface area (Å²) in [6.07, 6.45) is 4.33. The molecule has 2 aromatic heterocycles. The van der Waals surface area contributed by atoms with E-state index in [1.54, 1.807) is 22.7 Å². The molecule has 0 radical (unpaired) electrons. The van der Waals surface area contributed by atoms with Crippen molar-refractivity contribution < 1.29 is 4.79 Å². The van der Waals surface area contributed by atoms with Gasteiger partial charge >= 0.3 is 6.03 Å². The largest absolute Gasteiger partial charge is 0.330 e. The molecule has 2 atom stereocenters. The van der Waals surface area contributed by atoms with Crippen molar-refractivity contribution in [3.05, 3.63) is 32.2 Å². The Kier molecular flexibility index (Phi) is 4.44. The van der Waals surface area contributed by atoms with Crippen LogP contribution < -0.4 is 10.6 Å². The molecule has 3 rings (SSSR count). The summed E-state index contributed by atoms with van der Waals surface area (Å²) in [6.45, 7) is 5.91. The second-order valence-corrected chi connectivity index (χ2v) is 7.91. The van der Waals surface area contributed by atoms with Crippen molar-refractivity contribution in [3.8, 4) is 0 Å². The summed E-state index contributed by atoms with van der Waals surface area (Å²) >= 11 is 3.30. The van der Waals surface area contributed by atoms with Gasteiger partial charge in [-0.25, -0.2) is 14.8 Å². The Morgan fingerprint density at radius 2 is 2.05 bits per heavy atom. The summed E-state index contributed by atoms with van der Waals surface area (Å²) in [5.41, 5.74) is 0.944. The van der Waals surface area contributed by atoms with Crippen LogP contribution in [0.3, 0.4) is 0 Å². The lowest BCUT2D eigenvalue weighted by molar-refractivity contribution is 0.234. The Morgan fingerprint density at radius 1 is 1.32 bits per heavy atom. The van der Waals surface area contributed by atoms with Crippen LogP contribution in [0.5, 0.6) is 0 Å². The maximum Gasteiger partial charge on any atom is 0.315 e. The first-order valence-corrected chi connectivity index (χ1v) is 9.17.